The van der Waals surface area contributed by atoms with Crippen LogP contribution in [-0.2, 0) is 10.0 Å². The average molecular weight is 557 g/mol. The highest BCUT2D eigenvalue weighted by Crippen LogP contribution is 2.63. The van der Waals surface area contributed by atoms with Crippen molar-refractivity contribution in [3.8, 4) is 0 Å². The molecular weight excluding hydrogens is 528 g/mol. The minimum atomic E-state index is -3.75. The van der Waals surface area contributed by atoms with E-state index in [1.165, 1.54) is 60.1 Å². The number of benzene rings is 3. The Hall–Kier alpha value is -3.69. The van der Waals surface area contributed by atoms with E-state index in [0.717, 1.165) is 5.69 Å². The molecule has 2 aliphatic carbocycles. The number of thiazole rings is 1. The predicted molar refractivity (Wildman–Crippen MR) is 154 cm³/mol. The fourth-order valence-electron chi connectivity index (χ4n) is 6.99. The van der Waals surface area contributed by atoms with Crippen molar-refractivity contribution in [1.82, 2.24) is 4.98 Å². The van der Waals surface area contributed by atoms with Gasteiger partial charge in [-0.05, 0) is 96.5 Å². The van der Waals surface area contributed by atoms with E-state index in [2.05, 4.69) is 56.7 Å². The van der Waals surface area contributed by atoms with E-state index >= 15 is 0 Å². The van der Waals surface area contributed by atoms with Crippen molar-refractivity contribution in [1.29, 1.82) is 0 Å². The van der Waals surface area contributed by atoms with Crippen molar-refractivity contribution >= 4 is 43.8 Å². The normalized spacial score (nSPS) is 24.9. The minimum absolute atomic E-state index is 0.103. The smallest absolute Gasteiger partial charge is 0.263 e. The van der Waals surface area contributed by atoms with E-state index in [1.807, 2.05) is 12.1 Å². The first-order valence-corrected chi connectivity index (χ1v) is 15.6. The zero-order valence-corrected chi connectivity index (χ0v) is 22.7. The average Bonchev–Trinajstić information content (AvgIpc) is 3.72. The summed E-state index contributed by atoms with van der Waals surface area (Å²) < 4.78 is 27.7. The van der Waals surface area contributed by atoms with E-state index in [-0.39, 0.29) is 10.8 Å². The summed E-state index contributed by atoms with van der Waals surface area (Å²) in [5.74, 6) is 2.15. The van der Waals surface area contributed by atoms with Gasteiger partial charge in [-0.3, -0.25) is 9.52 Å². The zero-order chi connectivity index (χ0) is 26.6. The largest absolute Gasteiger partial charge is 0.378 e. The Morgan fingerprint density at radius 2 is 1.77 bits per heavy atom. The second-order valence-corrected chi connectivity index (χ2v) is 13.3. The highest BCUT2D eigenvalue weighted by Gasteiger charge is 2.53. The molecule has 0 unspecified atom stereocenters. The van der Waals surface area contributed by atoms with Gasteiger partial charge in [0.05, 0.1) is 10.9 Å². The number of amides is 1. The third-order valence-electron chi connectivity index (χ3n) is 8.58. The predicted octanol–water partition coefficient (Wildman–Crippen LogP) is 6.49. The molecule has 1 aromatic heterocycles. The summed E-state index contributed by atoms with van der Waals surface area (Å²) in [5.41, 5.74) is 4.85. The maximum atomic E-state index is 13.3. The number of sulfonamides is 1. The fourth-order valence-corrected chi connectivity index (χ4v) is 8.77. The van der Waals surface area contributed by atoms with Gasteiger partial charge in [0.1, 0.15) is 0 Å². The third kappa shape index (κ3) is 4.39. The van der Waals surface area contributed by atoms with Crippen molar-refractivity contribution in [2.45, 2.75) is 36.1 Å². The summed E-state index contributed by atoms with van der Waals surface area (Å²) in [6.07, 6.45) is 5.35. The summed E-state index contributed by atoms with van der Waals surface area (Å²) in [4.78, 5) is 17.3. The van der Waals surface area contributed by atoms with Gasteiger partial charge in [-0.1, -0.05) is 30.3 Å². The summed E-state index contributed by atoms with van der Waals surface area (Å²) in [5, 5.41) is 8.76. The molecule has 2 bridgehead atoms. The van der Waals surface area contributed by atoms with Gasteiger partial charge in [0.25, 0.3) is 15.9 Å². The molecule has 4 aromatic rings. The molecule has 1 amide bonds. The molecule has 198 valence electrons. The second kappa shape index (κ2) is 9.50. The fraction of sp³-hybridized carbons (Fsp3) is 0.267. The van der Waals surface area contributed by atoms with E-state index in [4.69, 9.17) is 0 Å². The number of nitrogens with zero attached hydrogens (tertiary/aromatic N) is 1. The Bertz CT molecular complexity index is 1620. The van der Waals surface area contributed by atoms with Crippen LogP contribution in [0.1, 0.15) is 52.7 Å². The molecule has 2 fully saturated rings. The molecule has 3 aliphatic rings. The maximum Gasteiger partial charge on any atom is 0.263 e. The standard InChI is InChI=1S/C30H28N4O3S2/c35-29(32-22-9-11-23(12-10-22)39(36,37)34-30-31-14-15-38-30)21-8-13-25-24(17-21)26-19-6-7-20(16-19)27(26)28(33-25)18-4-2-1-3-5-18/h1-5,8-15,17,19-20,26-28,33H,6-7,16H2,(H,31,34)(H,32,35)/t19-,20-,26-,27+,28-/m0/s1. The van der Waals surface area contributed by atoms with Gasteiger partial charge in [0.2, 0.25) is 0 Å². The van der Waals surface area contributed by atoms with Crippen molar-refractivity contribution < 1.29 is 13.2 Å². The lowest BCUT2D eigenvalue weighted by atomic mass is 9.68. The first kappa shape index (κ1) is 24.4. The van der Waals surface area contributed by atoms with Crippen molar-refractivity contribution in [3.05, 3.63) is 101 Å². The van der Waals surface area contributed by atoms with Crippen molar-refractivity contribution in [2.24, 2.45) is 17.8 Å². The molecule has 3 N–H and O–H groups in total. The molecule has 5 atom stereocenters. The van der Waals surface area contributed by atoms with Gasteiger partial charge in [0, 0.05) is 28.5 Å². The second-order valence-electron chi connectivity index (χ2n) is 10.7. The van der Waals surface area contributed by atoms with Crippen LogP contribution in [-0.4, -0.2) is 19.3 Å². The van der Waals surface area contributed by atoms with Crippen LogP contribution in [0.15, 0.2) is 89.3 Å². The lowest BCUT2D eigenvalue weighted by molar-refractivity contribution is 0.102. The molecule has 39 heavy (non-hydrogen) atoms. The van der Waals surface area contributed by atoms with Gasteiger partial charge >= 0.3 is 0 Å². The number of carbonyl (C=O) groups excluding carboxylic acids is 1. The molecule has 0 saturated heterocycles. The number of carbonyl (C=O) groups is 1. The summed E-state index contributed by atoms with van der Waals surface area (Å²) in [6.45, 7) is 0. The molecule has 0 spiro atoms. The number of aromatic nitrogens is 1. The Balaban J connectivity index is 1.12. The third-order valence-corrected chi connectivity index (χ3v) is 10.8. The molecule has 7 rings (SSSR count). The lowest BCUT2D eigenvalue weighted by Gasteiger charge is -2.43. The molecule has 2 heterocycles. The highest BCUT2D eigenvalue weighted by molar-refractivity contribution is 7.93. The Morgan fingerprint density at radius 1 is 0.974 bits per heavy atom. The van der Waals surface area contributed by atoms with E-state index < -0.39 is 10.0 Å². The Morgan fingerprint density at radius 3 is 2.54 bits per heavy atom. The lowest BCUT2D eigenvalue weighted by Crippen LogP contribution is -2.35. The van der Waals surface area contributed by atoms with Crippen LogP contribution < -0.4 is 15.4 Å². The number of hydrogen-bond donors (Lipinski definition) is 3. The summed E-state index contributed by atoms with van der Waals surface area (Å²) in [6, 6.07) is 23.2. The SMILES string of the molecule is O=C(Nc1ccc(S(=O)(=O)Nc2nccs2)cc1)c1ccc2c(c1)[C@@H]1[C@H]3CC[C@@H](C3)[C@H]1[C@H](c1ccccc1)N2. The quantitative estimate of drug-likeness (QED) is 0.252. The molecule has 7 nitrogen and oxygen atoms in total. The van der Waals surface area contributed by atoms with Gasteiger partial charge in [0.15, 0.2) is 5.13 Å². The van der Waals surface area contributed by atoms with Gasteiger partial charge in [-0.15, -0.1) is 11.3 Å². The highest BCUT2D eigenvalue weighted by atomic mass is 32.2. The monoisotopic (exact) mass is 556 g/mol. The van der Waals surface area contributed by atoms with Crippen molar-refractivity contribution in [3.63, 3.8) is 0 Å². The first-order valence-electron chi connectivity index (χ1n) is 13.3. The van der Waals surface area contributed by atoms with E-state index in [0.29, 0.717) is 46.1 Å². The number of rotatable bonds is 6. The number of anilines is 3. The van der Waals surface area contributed by atoms with Crippen LogP contribution in [0.2, 0.25) is 0 Å². The van der Waals surface area contributed by atoms with Crippen LogP contribution >= 0.6 is 11.3 Å². The molecule has 3 aromatic carbocycles. The summed E-state index contributed by atoms with van der Waals surface area (Å²) >= 11 is 1.21. The minimum Gasteiger partial charge on any atom is -0.378 e. The van der Waals surface area contributed by atoms with Crippen molar-refractivity contribution in [2.75, 3.05) is 15.4 Å². The van der Waals surface area contributed by atoms with Crippen LogP contribution in [0.4, 0.5) is 16.5 Å². The summed E-state index contributed by atoms with van der Waals surface area (Å²) in [7, 11) is -3.75. The van der Waals surface area contributed by atoms with E-state index in [9.17, 15) is 13.2 Å². The van der Waals surface area contributed by atoms with Gasteiger partial charge in [-0.2, -0.15) is 0 Å². The first-order chi connectivity index (χ1) is 19.0. The van der Waals surface area contributed by atoms with Gasteiger partial charge in [-0.25, -0.2) is 13.4 Å². The number of hydrogen-bond acceptors (Lipinski definition) is 6. The van der Waals surface area contributed by atoms with Crippen LogP contribution in [0.5, 0.6) is 0 Å². The van der Waals surface area contributed by atoms with Gasteiger partial charge < -0.3 is 10.6 Å². The maximum absolute atomic E-state index is 13.3. The molecule has 2 saturated carbocycles. The number of nitrogens with one attached hydrogen (secondary N) is 3. The van der Waals surface area contributed by atoms with Crippen LogP contribution in [0.3, 0.4) is 0 Å². The Labute approximate surface area is 231 Å². The van der Waals surface area contributed by atoms with Crippen LogP contribution in [0, 0.1) is 17.8 Å². The van der Waals surface area contributed by atoms with Crippen LogP contribution in [0.25, 0.3) is 0 Å². The molecule has 9 heteroatoms. The number of fused-ring (bicyclic) bond motifs is 7. The zero-order valence-electron chi connectivity index (χ0n) is 21.1. The molecule has 1 aliphatic heterocycles. The van der Waals surface area contributed by atoms with E-state index in [1.54, 1.807) is 17.5 Å². The molecular formula is C30H28N4O3S2. The molecule has 0 radical (unpaired) electrons. The Kier molecular flexibility index (Phi) is 5.93. The topological polar surface area (TPSA) is 100 Å².